The second-order valence-electron chi connectivity index (χ2n) is 5.67. The second-order valence-corrected chi connectivity index (χ2v) is 6.59. The molecule has 86 valence electrons. The van der Waals surface area contributed by atoms with E-state index in [9.17, 15) is 0 Å². The van der Waals surface area contributed by atoms with Crippen LogP contribution in [0.4, 0.5) is 0 Å². The molecule has 1 aromatic heterocycles. The van der Waals surface area contributed by atoms with Crippen molar-refractivity contribution in [1.82, 2.24) is 0 Å². The Hall–Kier alpha value is -0.300. The molecule has 0 saturated carbocycles. The third-order valence-corrected chi connectivity index (χ3v) is 5.11. The Labute approximate surface area is 98.7 Å². The molecule has 0 fully saturated rings. The van der Waals surface area contributed by atoms with Gasteiger partial charge in [-0.1, -0.05) is 41.5 Å². The maximum atomic E-state index is 2.41. The van der Waals surface area contributed by atoms with Crippen LogP contribution in [0, 0.1) is 0 Å². The standard InChI is InChI=1S/C14H24S/c1-7-13(3,4)11-9-12(15-10-11)14(5,6)8-2/h9-10H,7-8H2,1-6H3. The minimum Gasteiger partial charge on any atom is -0.148 e. The molecule has 1 heteroatoms. The third kappa shape index (κ3) is 2.63. The van der Waals surface area contributed by atoms with E-state index >= 15 is 0 Å². The summed E-state index contributed by atoms with van der Waals surface area (Å²) in [5.41, 5.74) is 2.18. The van der Waals surface area contributed by atoms with Gasteiger partial charge in [-0.25, -0.2) is 0 Å². The molecule has 0 saturated heterocycles. The van der Waals surface area contributed by atoms with Gasteiger partial charge < -0.3 is 0 Å². The van der Waals surface area contributed by atoms with Crippen LogP contribution in [0.15, 0.2) is 11.4 Å². The maximum absolute atomic E-state index is 2.41. The molecule has 0 N–H and O–H groups in total. The fraction of sp³-hybridized carbons (Fsp3) is 0.714. The van der Waals surface area contributed by atoms with Gasteiger partial charge in [0, 0.05) is 4.88 Å². The Balaban J connectivity index is 3.00. The molecule has 0 radical (unpaired) electrons. The molecule has 0 amide bonds. The quantitative estimate of drug-likeness (QED) is 0.665. The zero-order chi connectivity index (χ0) is 11.7. The molecule has 0 aliphatic carbocycles. The summed E-state index contributed by atoms with van der Waals surface area (Å²) in [5.74, 6) is 0. The van der Waals surface area contributed by atoms with Gasteiger partial charge in [0.25, 0.3) is 0 Å². The van der Waals surface area contributed by atoms with Gasteiger partial charge in [-0.05, 0) is 40.7 Å². The highest BCUT2D eigenvalue weighted by molar-refractivity contribution is 7.10. The van der Waals surface area contributed by atoms with Crippen molar-refractivity contribution in [2.75, 3.05) is 0 Å². The first kappa shape index (κ1) is 12.8. The van der Waals surface area contributed by atoms with Crippen LogP contribution in [-0.2, 0) is 10.8 Å². The molecule has 1 aromatic rings. The van der Waals surface area contributed by atoms with E-state index in [-0.39, 0.29) is 0 Å². The normalized spacial score (nSPS) is 13.2. The van der Waals surface area contributed by atoms with Crippen molar-refractivity contribution in [3.63, 3.8) is 0 Å². The Morgan fingerprint density at radius 3 is 2.00 bits per heavy atom. The topological polar surface area (TPSA) is 0 Å². The molecule has 15 heavy (non-hydrogen) atoms. The maximum Gasteiger partial charge on any atom is 0.0104 e. The average Bonchev–Trinajstić information content (AvgIpc) is 2.67. The summed E-state index contributed by atoms with van der Waals surface area (Å²) in [4.78, 5) is 1.53. The van der Waals surface area contributed by atoms with E-state index in [4.69, 9.17) is 0 Å². The molecule has 0 aliphatic heterocycles. The summed E-state index contributed by atoms with van der Waals surface area (Å²) in [7, 11) is 0. The van der Waals surface area contributed by atoms with Crippen LogP contribution >= 0.6 is 11.3 Å². The first-order valence-corrected chi connectivity index (χ1v) is 6.81. The van der Waals surface area contributed by atoms with E-state index in [0.717, 1.165) is 0 Å². The lowest BCUT2D eigenvalue weighted by Gasteiger charge is -2.23. The lowest BCUT2D eigenvalue weighted by atomic mass is 9.82. The Morgan fingerprint density at radius 1 is 1.00 bits per heavy atom. The van der Waals surface area contributed by atoms with Crippen molar-refractivity contribution >= 4 is 11.3 Å². The predicted octanol–water partition coefficient (Wildman–Crippen LogP) is 5.12. The summed E-state index contributed by atoms with van der Waals surface area (Å²) >= 11 is 1.92. The molecule has 0 atom stereocenters. The van der Waals surface area contributed by atoms with E-state index in [1.165, 1.54) is 23.3 Å². The van der Waals surface area contributed by atoms with Crippen molar-refractivity contribution < 1.29 is 0 Å². The van der Waals surface area contributed by atoms with E-state index in [1.807, 2.05) is 11.3 Å². The molecule has 1 rings (SSSR count). The van der Waals surface area contributed by atoms with Crippen LogP contribution in [-0.4, -0.2) is 0 Å². The Kier molecular flexibility index (Phi) is 3.65. The van der Waals surface area contributed by atoms with E-state index < -0.39 is 0 Å². The average molecular weight is 224 g/mol. The largest absolute Gasteiger partial charge is 0.148 e. The van der Waals surface area contributed by atoms with E-state index in [2.05, 4.69) is 53.0 Å². The van der Waals surface area contributed by atoms with Crippen LogP contribution in [0.3, 0.4) is 0 Å². The highest BCUT2D eigenvalue weighted by Gasteiger charge is 2.24. The predicted molar refractivity (Wildman–Crippen MR) is 71.0 cm³/mol. The van der Waals surface area contributed by atoms with Crippen LogP contribution < -0.4 is 0 Å². The van der Waals surface area contributed by atoms with Crippen LogP contribution in [0.5, 0.6) is 0 Å². The van der Waals surface area contributed by atoms with Gasteiger partial charge >= 0.3 is 0 Å². The van der Waals surface area contributed by atoms with E-state index in [1.54, 1.807) is 0 Å². The van der Waals surface area contributed by atoms with Crippen molar-refractivity contribution in [2.24, 2.45) is 0 Å². The Bertz CT molecular complexity index is 287. The van der Waals surface area contributed by atoms with Gasteiger partial charge in [0.05, 0.1) is 0 Å². The number of hydrogen-bond donors (Lipinski definition) is 0. The van der Waals surface area contributed by atoms with Crippen LogP contribution in [0.25, 0.3) is 0 Å². The monoisotopic (exact) mass is 224 g/mol. The van der Waals surface area contributed by atoms with Gasteiger partial charge in [-0.3, -0.25) is 0 Å². The van der Waals surface area contributed by atoms with Gasteiger partial charge in [0.15, 0.2) is 0 Å². The first-order valence-electron chi connectivity index (χ1n) is 5.93. The second kappa shape index (κ2) is 4.29. The number of thiophene rings is 1. The Morgan fingerprint density at radius 2 is 1.53 bits per heavy atom. The molecule has 0 aliphatic rings. The molecule has 0 aromatic carbocycles. The fourth-order valence-corrected chi connectivity index (χ4v) is 2.72. The lowest BCUT2D eigenvalue weighted by Crippen LogP contribution is -2.16. The SMILES string of the molecule is CCC(C)(C)c1csc(C(C)(C)CC)c1. The van der Waals surface area contributed by atoms with Gasteiger partial charge in [0.2, 0.25) is 0 Å². The van der Waals surface area contributed by atoms with Crippen LogP contribution in [0.1, 0.15) is 64.8 Å². The highest BCUT2D eigenvalue weighted by atomic mass is 32.1. The first-order chi connectivity index (χ1) is 6.83. The molecular formula is C14H24S. The lowest BCUT2D eigenvalue weighted by molar-refractivity contribution is 0.498. The summed E-state index contributed by atoms with van der Waals surface area (Å²) in [6.07, 6.45) is 2.41. The van der Waals surface area contributed by atoms with Crippen molar-refractivity contribution in [1.29, 1.82) is 0 Å². The summed E-state index contributed by atoms with van der Waals surface area (Å²) in [5, 5.41) is 2.34. The number of hydrogen-bond acceptors (Lipinski definition) is 1. The molecular weight excluding hydrogens is 200 g/mol. The van der Waals surface area contributed by atoms with Gasteiger partial charge in [-0.15, -0.1) is 11.3 Å². The fourth-order valence-electron chi connectivity index (χ4n) is 1.42. The zero-order valence-corrected chi connectivity index (χ0v) is 11.8. The number of rotatable bonds is 4. The van der Waals surface area contributed by atoms with Crippen molar-refractivity contribution in [2.45, 2.75) is 65.2 Å². The molecule has 0 spiro atoms. The smallest absolute Gasteiger partial charge is 0.0104 e. The molecule has 0 bridgehead atoms. The molecule has 1 heterocycles. The van der Waals surface area contributed by atoms with Crippen molar-refractivity contribution in [3.05, 3.63) is 21.9 Å². The van der Waals surface area contributed by atoms with Crippen molar-refractivity contribution in [3.8, 4) is 0 Å². The molecule has 0 nitrogen and oxygen atoms in total. The van der Waals surface area contributed by atoms with E-state index in [0.29, 0.717) is 10.8 Å². The molecule has 0 unspecified atom stereocenters. The minimum atomic E-state index is 0.332. The highest BCUT2D eigenvalue weighted by Crippen LogP contribution is 2.37. The summed E-state index contributed by atoms with van der Waals surface area (Å²) in [6.45, 7) is 13.9. The van der Waals surface area contributed by atoms with Crippen LogP contribution in [0.2, 0.25) is 0 Å². The zero-order valence-electron chi connectivity index (χ0n) is 11.0. The minimum absolute atomic E-state index is 0.332. The van der Waals surface area contributed by atoms with Gasteiger partial charge in [0.1, 0.15) is 0 Å². The summed E-state index contributed by atoms with van der Waals surface area (Å²) < 4.78 is 0. The summed E-state index contributed by atoms with van der Waals surface area (Å²) in [6, 6.07) is 2.41. The third-order valence-electron chi connectivity index (χ3n) is 3.82. The van der Waals surface area contributed by atoms with Gasteiger partial charge in [-0.2, -0.15) is 0 Å².